The molecule has 0 aliphatic heterocycles. The molecule has 2 saturated carbocycles. The van der Waals surface area contributed by atoms with Crippen LogP contribution in [0.3, 0.4) is 0 Å². The van der Waals surface area contributed by atoms with Gasteiger partial charge in [-0.25, -0.2) is 0 Å². The molecule has 0 radical (unpaired) electrons. The second kappa shape index (κ2) is 8.20. The van der Waals surface area contributed by atoms with Crippen LogP contribution in [0.4, 0.5) is 0 Å². The topological polar surface area (TPSA) is 64.3 Å². The molecule has 0 bridgehead atoms. The number of amides is 1. The van der Waals surface area contributed by atoms with Gasteiger partial charge in [-0.15, -0.1) is 12.4 Å². The van der Waals surface area contributed by atoms with E-state index in [-0.39, 0.29) is 24.2 Å². The molecule has 3 N–H and O–H groups in total. The molecule has 0 aromatic carbocycles. The van der Waals surface area contributed by atoms with E-state index < -0.39 is 0 Å². The Balaban J connectivity index is 0.00000200. The summed E-state index contributed by atoms with van der Waals surface area (Å²) in [5.74, 6) is 0.789. The predicted molar refractivity (Wildman–Crippen MR) is 82.9 cm³/mol. The Morgan fingerprint density at radius 2 is 2.10 bits per heavy atom. The van der Waals surface area contributed by atoms with E-state index in [1.54, 1.807) is 7.11 Å². The van der Waals surface area contributed by atoms with Gasteiger partial charge < -0.3 is 15.8 Å². The first kappa shape index (κ1) is 17.7. The van der Waals surface area contributed by atoms with Crippen LogP contribution in [0.15, 0.2) is 0 Å². The number of ether oxygens (including phenoxy) is 1. The molecule has 2 atom stereocenters. The Labute approximate surface area is 128 Å². The van der Waals surface area contributed by atoms with Gasteiger partial charge >= 0.3 is 0 Å². The SMILES string of the molecule is COCCC1(CNC(=O)[C@@H]2CCC[C@@H]2CN)CCC1.Cl. The van der Waals surface area contributed by atoms with Gasteiger partial charge in [0.25, 0.3) is 0 Å². The summed E-state index contributed by atoms with van der Waals surface area (Å²) in [6.07, 6.45) is 8.07. The predicted octanol–water partition coefficient (Wildman–Crippen LogP) is 2.11. The fourth-order valence-electron chi connectivity index (χ4n) is 3.58. The van der Waals surface area contributed by atoms with Crippen molar-refractivity contribution in [3.63, 3.8) is 0 Å². The maximum absolute atomic E-state index is 12.3. The third kappa shape index (κ3) is 4.09. The van der Waals surface area contributed by atoms with Crippen LogP contribution in [-0.2, 0) is 9.53 Å². The Kier molecular flexibility index (Phi) is 7.27. The van der Waals surface area contributed by atoms with Gasteiger partial charge in [0.15, 0.2) is 0 Å². The molecule has 2 aliphatic rings. The Morgan fingerprint density at radius 1 is 1.35 bits per heavy atom. The summed E-state index contributed by atoms with van der Waals surface area (Å²) < 4.78 is 5.19. The molecule has 2 aliphatic carbocycles. The van der Waals surface area contributed by atoms with Crippen LogP contribution in [0.25, 0.3) is 0 Å². The quantitative estimate of drug-likeness (QED) is 0.757. The standard InChI is InChI=1S/C15H28N2O2.ClH/c1-19-9-8-15(6-3-7-15)11-17-14(18)13-5-2-4-12(13)10-16;/h12-13H,2-11,16H2,1H3,(H,17,18);1H/t12-,13-;/m1./s1. The molecule has 4 nitrogen and oxygen atoms in total. The first-order valence-electron chi connectivity index (χ1n) is 7.67. The van der Waals surface area contributed by atoms with Crippen molar-refractivity contribution >= 4 is 18.3 Å². The number of hydrogen-bond acceptors (Lipinski definition) is 3. The zero-order chi connectivity index (χ0) is 13.7. The average Bonchev–Trinajstić information content (AvgIpc) is 2.85. The minimum absolute atomic E-state index is 0. The Hall–Kier alpha value is -0.320. The molecule has 0 saturated heterocycles. The summed E-state index contributed by atoms with van der Waals surface area (Å²) in [7, 11) is 1.75. The normalized spacial score (nSPS) is 27.5. The number of halogens is 1. The van der Waals surface area contributed by atoms with Gasteiger partial charge in [0, 0.05) is 26.2 Å². The van der Waals surface area contributed by atoms with Crippen molar-refractivity contribution < 1.29 is 9.53 Å². The second-order valence-electron chi connectivity index (χ2n) is 6.35. The van der Waals surface area contributed by atoms with Gasteiger partial charge in [-0.2, -0.15) is 0 Å². The van der Waals surface area contributed by atoms with E-state index in [0.717, 1.165) is 38.8 Å². The van der Waals surface area contributed by atoms with E-state index in [9.17, 15) is 4.79 Å². The lowest BCUT2D eigenvalue weighted by molar-refractivity contribution is -0.127. The van der Waals surface area contributed by atoms with Crippen LogP contribution < -0.4 is 11.1 Å². The van der Waals surface area contributed by atoms with Gasteiger partial charge in [0.05, 0.1) is 0 Å². The van der Waals surface area contributed by atoms with Crippen molar-refractivity contribution in [1.82, 2.24) is 5.32 Å². The van der Waals surface area contributed by atoms with Gasteiger partial charge in [0.1, 0.15) is 0 Å². The highest BCUT2D eigenvalue weighted by Crippen LogP contribution is 2.43. The summed E-state index contributed by atoms with van der Waals surface area (Å²) in [5, 5.41) is 3.19. The van der Waals surface area contributed by atoms with E-state index >= 15 is 0 Å². The molecule has 0 aromatic rings. The van der Waals surface area contributed by atoms with E-state index in [4.69, 9.17) is 10.5 Å². The zero-order valence-corrected chi connectivity index (χ0v) is 13.3. The van der Waals surface area contributed by atoms with E-state index in [1.165, 1.54) is 19.3 Å². The van der Waals surface area contributed by atoms with Crippen LogP contribution in [-0.4, -0.2) is 32.7 Å². The first-order valence-corrected chi connectivity index (χ1v) is 7.67. The van der Waals surface area contributed by atoms with Crippen molar-refractivity contribution in [1.29, 1.82) is 0 Å². The van der Waals surface area contributed by atoms with Crippen LogP contribution in [0.1, 0.15) is 44.9 Å². The lowest BCUT2D eigenvalue weighted by Crippen LogP contribution is -2.45. The van der Waals surface area contributed by atoms with Gasteiger partial charge in [-0.3, -0.25) is 4.79 Å². The molecule has 0 heterocycles. The largest absolute Gasteiger partial charge is 0.385 e. The number of carbonyl (C=O) groups excluding carboxylic acids is 1. The average molecular weight is 305 g/mol. The smallest absolute Gasteiger partial charge is 0.223 e. The molecular formula is C15H29ClN2O2. The second-order valence-corrected chi connectivity index (χ2v) is 6.35. The van der Waals surface area contributed by atoms with Crippen molar-refractivity contribution in [2.45, 2.75) is 44.9 Å². The molecule has 2 fully saturated rings. The third-order valence-corrected chi connectivity index (χ3v) is 5.19. The minimum atomic E-state index is 0. The van der Waals surface area contributed by atoms with Crippen LogP contribution in [0.2, 0.25) is 0 Å². The number of hydrogen-bond donors (Lipinski definition) is 2. The van der Waals surface area contributed by atoms with E-state index in [0.29, 0.717) is 17.9 Å². The molecule has 0 aromatic heterocycles. The summed E-state index contributed by atoms with van der Waals surface area (Å²) in [6, 6.07) is 0. The molecule has 20 heavy (non-hydrogen) atoms. The number of rotatable bonds is 7. The Bertz CT molecular complexity index is 308. The fourth-order valence-corrected chi connectivity index (χ4v) is 3.58. The van der Waals surface area contributed by atoms with Crippen LogP contribution >= 0.6 is 12.4 Å². The van der Waals surface area contributed by atoms with E-state index in [1.807, 2.05) is 0 Å². The number of nitrogens with one attached hydrogen (secondary N) is 1. The van der Waals surface area contributed by atoms with Crippen LogP contribution in [0, 0.1) is 17.3 Å². The molecular weight excluding hydrogens is 276 g/mol. The lowest BCUT2D eigenvalue weighted by atomic mass is 9.66. The molecule has 1 amide bonds. The first-order chi connectivity index (χ1) is 9.21. The van der Waals surface area contributed by atoms with Gasteiger partial charge in [0.2, 0.25) is 5.91 Å². The number of methoxy groups -OCH3 is 1. The molecule has 0 unspecified atom stereocenters. The maximum atomic E-state index is 12.3. The van der Waals surface area contributed by atoms with Crippen molar-refractivity contribution in [2.75, 3.05) is 26.8 Å². The monoisotopic (exact) mass is 304 g/mol. The minimum Gasteiger partial charge on any atom is -0.385 e. The van der Waals surface area contributed by atoms with Crippen LogP contribution in [0.5, 0.6) is 0 Å². The van der Waals surface area contributed by atoms with E-state index in [2.05, 4.69) is 5.32 Å². The number of nitrogens with two attached hydrogens (primary N) is 1. The third-order valence-electron chi connectivity index (χ3n) is 5.19. The molecule has 2 rings (SSSR count). The van der Waals surface area contributed by atoms with Gasteiger partial charge in [-0.1, -0.05) is 12.8 Å². The lowest BCUT2D eigenvalue weighted by Gasteiger charge is -2.42. The summed E-state index contributed by atoms with van der Waals surface area (Å²) in [4.78, 5) is 12.3. The fraction of sp³-hybridized carbons (Fsp3) is 0.933. The highest BCUT2D eigenvalue weighted by Gasteiger charge is 2.38. The highest BCUT2D eigenvalue weighted by molar-refractivity contribution is 5.85. The maximum Gasteiger partial charge on any atom is 0.223 e. The molecule has 0 spiro atoms. The molecule has 5 heteroatoms. The van der Waals surface area contributed by atoms with Crippen molar-refractivity contribution in [3.05, 3.63) is 0 Å². The van der Waals surface area contributed by atoms with Crippen molar-refractivity contribution in [3.8, 4) is 0 Å². The summed E-state index contributed by atoms with van der Waals surface area (Å²) in [5.41, 5.74) is 6.06. The summed E-state index contributed by atoms with van der Waals surface area (Å²) in [6.45, 7) is 2.26. The highest BCUT2D eigenvalue weighted by atomic mass is 35.5. The zero-order valence-electron chi connectivity index (χ0n) is 12.5. The molecule has 118 valence electrons. The Morgan fingerprint density at radius 3 is 2.65 bits per heavy atom. The summed E-state index contributed by atoms with van der Waals surface area (Å²) >= 11 is 0. The van der Waals surface area contributed by atoms with Crippen molar-refractivity contribution in [2.24, 2.45) is 23.0 Å². The number of carbonyl (C=O) groups is 1. The van der Waals surface area contributed by atoms with Gasteiger partial charge in [-0.05, 0) is 50.0 Å².